The van der Waals surface area contributed by atoms with Crippen molar-refractivity contribution in [3.63, 3.8) is 0 Å². The van der Waals surface area contributed by atoms with Crippen LogP contribution in [0.25, 0.3) is 0 Å². The largest absolute Gasteiger partial charge is 0.618 e. The second-order valence-corrected chi connectivity index (χ2v) is 6.26. The Kier molecular flexibility index (Phi) is 4.02. The zero-order chi connectivity index (χ0) is 15.8. The van der Waals surface area contributed by atoms with Crippen LogP contribution < -0.4 is 9.45 Å². The van der Waals surface area contributed by atoms with Crippen LogP contribution in [0.2, 0.25) is 5.02 Å². The Balaban J connectivity index is 2.47. The number of benzene rings is 1. The standard InChI is InChI=1S/C12H9ClF2N2O3S/c1-7-4-9(13)12(10(15)5-7)16-21(19,20)11-3-2-8(14)6-17(11)18/h2-6,16H,1H3. The van der Waals surface area contributed by atoms with E-state index >= 15 is 0 Å². The van der Waals surface area contributed by atoms with Gasteiger partial charge in [0.05, 0.1) is 5.02 Å². The molecule has 2 rings (SSSR count). The number of aromatic nitrogens is 1. The van der Waals surface area contributed by atoms with Crippen molar-refractivity contribution in [1.29, 1.82) is 0 Å². The Hall–Kier alpha value is -1.93. The van der Waals surface area contributed by atoms with Gasteiger partial charge in [-0.25, -0.2) is 8.78 Å². The minimum Gasteiger partial charge on any atom is -0.618 e. The fourth-order valence-corrected chi connectivity index (χ4v) is 3.12. The molecule has 0 aliphatic rings. The van der Waals surface area contributed by atoms with E-state index in [2.05, 4.69) is 0 Å². The van der Waals surface area contributed by atoms with E-state index in [0.717, 1.165) is 18.2 Å². The molecule has 0 aliphatic carbocycles. The molecule has 1 aromatic carbocycles. The van der Waals surface area contributed by atoms with Crippen LogP contribution in [-0.2, 0) is 10.0 Å². The molecule has 0 unspecified atom stereocenters. The molecule has 0 spiro atoms. The van der Waals surface area contributed by atoms with Crippen LogP contribution in [0.1, 0.15) is 5.56 Å². The molecule has 1 aromatic heterocycles. The van der Waals surface area contributed by atoms with Crippen molar-refractivity contribution >= 4 is 27.3 Å². The quantitative estimate of drug-likeness (QED) is 0.691. The first-order valence-electron chi connectivity index (χ1n) is 5.58. The third-order valence-electron chi connectivity index (χ3n) is 2.54. The lowest BCUT2D eigenvalue weighted by atomic mass is 10.2. The van der Waals surface area contributed by atoms with Crippen molar-refractivity contribution in [3.8, 4) is 0 Å². The van der Waals surface area contributed by atoms with Gasteiger partial charge in [0.15, 0.2) is 5.82 Å². The Morgan fingerprint density at radius 2 is 1.95 bits per heavy atom. The molecule has 1 heterocycles. The number of rotatable bonds is 3. The average Bonchev–Trinajstić information content (AvgIpc) is 2.33. The Morgan fingerprint density at radius 3 is 2.52 bits per heavy atom. The first-order valence-corrected chi connectivity index (χ1v) is 7.44. The molecule has 5 nitrogen and oxygen atoms in total. The summed E-state index contributed by atoms with van der Waals surface area (Å²) in [7, 11) is -4.41. The van der Waals surface area contributed by atoms with Crippen LogP contribution in [0, 0.1) is 23.8 Å². The molecule has 2 aromatic rings. The van der Waals surface area contributed by atoms with E-state index < -0.39 is 32.4 Å². The summed E-state index contributed by atoms with van der Waals surface area (Å²) in [4.78, 5) is 0. The fourth-order valence-electron chi connectivity index (χ4n) is 1.64. The predicted molar refractivity (Wildman–Crippen MR) is 72.3 cm³/mol. The van der Waals surface area contributed by atoms with Crippen molar-refractivity contribution in [1.82, 2.24) is 0 Å². The van der Waals surface area contributed by atoms with E-state index in [-0.39, 0.29) is 9.75 Å². The van der Waals surface area contributed by atoms with Gasteiger partial charge in [-0.2, -0.15) is 13.1 Å². The van der Waals surface area contributed by atoms with Crippen LogP contribution in [0.3, 0.4) is 0 Å². The number of hydrogen-bond donors (Lipinski definition) is 1. The molecule has 0 saturated carbocycles. The highest BCUT2D eigenvalue weighted by atomic mass is 35.5. The van der Waals surface area contributed by atoms with E-state index in [1.54, 1.807) is 6.92 Å². The van der Waals surface area contributed by atoms with E-state index in [1.165, 1.54) is 6.07 Å². The molecule has 112 valence electrons. The molecular weight excluding hydrogens is 326 g/mol. The monoisotopic (exact) mass is 334 g/mol. The van der Waals surface area contributed by atoms with Gasteiger partial charge < -0.3 is 5.21 Å². The fraction of sp³-hybridized carbons (Fsp3) is 0.0833. The van der Waals surface area contributed by atoms with Crippen LogP contribution in [-0.4, -0.2) is 8.42 Å². The number of pyridine rings is 1. The zero-order valence-corrected chi connectivity index (χ0v) is 12.2. The van der Waals surface area contributed by atoms with Crippen LogP contribution in [0.15, 0.2) is 35.5 Å². The minimum atomic E-state index is -4.41. The summed E-state index contributed by atoms with van der Waals surface area (Å²) >= 11 is 5.78. The molecule has 0 bridgehead atoms. The maximum absolute atomic E-state index is 13.8. The van der Waals surface area contributed by atoms with Crippen molar-refractivity contribution in [2.24, 2.45) is 0 Å². The summed E-state index contributed by atoms with van der Waals surface area (Å²) < 4.78 is 52.4. The summed E-state index contributed by atoms with van der Waals surface area (Å²) in [5.74, 6) is -1.79. The first kappa shape index (κ1) is 15.5. The lowest BCUT2D eigenvalue weighted by Gasteiger charge is -2.11. The molecule has 0 fully saturated rings. The van der Waals surface area contributed by atoms with Crippen molar-refractivity contribution < 1.29 is 21.9 Å². The van der Waals surface area contributed by atoms with Crippen LogP contribution in [0.5, 0.6) is 0 Å². The topological polar surface area (TPSA) is 73.1 Å². The Morgan fingerprint density at radius 1 is 1.29 bits per heavy atom. The van der Waals surface area contributed by atoms with Gasteiger partial charge in [-0.05, 0) is 30.7 Å². The SMILES string of the molecule is Cc1cc(F)c(NS(=O)(=O)c2ccc(F)c[n+]2[O-])c(Cl)c1. The summed E-state index contributed by atoms with van der Waals surface area (Å²) in [6, 6.07) is 4.01. The zero-order valence-electron chi connectivity index (χ0n) is 10.6. The van der Waals surface area contributed by atoms with E-state index in [0.29, 0.717) is 11.8 Å². The smallest absolute Gasteiger partial charge is 0.329 e. The van der Waals surface area contributed by atoms with Gasteiger partial charge in [-0.3, -0.25) is 4.72 Å². The number of nitrogens with one attached hydrogen (secondary N) is 1. The van der Waals surface area contributed by atoms with Gasteiger partial charge in [0.25, 0.3) is 0 Å². The lowest BCUT2D eigenvalue weighted by molar-refractivity contribution is -0.648. The van der Waals surface area contributed by atoms with E-state index in [9.17, 15) is 22.4 Å². The number of anilines is 1. The molecule has 21 heavy (non-hydrogen) atoms. The minimum absolute atomic E-state index is 0.157. The Labute approximate surface area is 124 Å². The van der Waals surface area contributed by atoms with Gasteiger partial charge in [-0.1, -0.05) is 11.6 Å². The van der Waals surface area contributed by atoms with Crippen molar-refractivity contribution in [2.45, 2.75) is 11.9 Å². The third-order valence-corrected chi connectivity index (χ3v) is 4.18. The van der Waals surface area contributed by atoms with Crippen molar-refractivity contribution in [2.75, 3.05) is 4.72 Å². The second-order valence-electron chi connectivity index (χ2n) is 4.22. The third kappa shape index (κ3) is 3.22. The molecule has 0 saturated heterocycles. The maximum Gasteiger partial charge on any atom is 0.329 e. The summed E-state index contributed by atoms with van der Waals surface area (Å²) in [5, 5.41) is 10.5. The number of nitrogens with zero attached hydrogens (tertiary/aromatic N) is 1. The van der Waals surface area contributed by atoms with Gasteiger partial charge in [-0.15, -0.1) is 0 Å². The molecule has 0 atom stereocenters. The van der Waals surface area contributed by atoms with Gasteiger partial charge in [0.2, 0.25) is 6.20 Å². The second kappa shape index (κ2) is 5.45. The van der Waals surface area contributed by atoms with Crippen LogP contribution >= 0.6 is 11.6 Å². The number of hydrogen-bond acceptors (Lipinski definition) is 3. The Bertz CT molecular complexity index is 789. The highest BCUT2D eigenvalue weighted by molar-refractivity contribution is 7.92. The lowest BCUT2D eigenvalue weighted by Crippen LogP contribution is -2.36. The number of halogens is 3. The van der Waals surface area contributed by atoms with Gasteiger partial charge in [0.1, 0.15) is 11.5 Å². The molecule has 0 amide bonds. The number of aryl methyl sites for hydroxylation is 1. The highest BCUT2D eigenvalue weighted by Gasteiger charge is 2.26. The molecule has 0 radical (unpaired) electrons. The van der Waals surface area contributed by atoms with E-state index in [1.807, 2.05) is 4.72 Å². The van der Waals surface area contributed by atoms with Gasteiger partial charge >= 0.3 is 15.0 Å². The molecular formula is C12H9ClF2N2O3S. The average molecular weight is 335 g/mol. The number of sulfonamides is 1. The summed E-state index contributed by atoms with van der Waals surface area (Å²) in [6.07, 6.45) is 0.446. The van der Waals surface area contributed by atoms with Gasteiger partial charge in [0, 0.05) is 6.07 Å². The molecule has 9 heteroatoms. The summed E-state index contributed by atoms with van der Waals surface area (Å²) in [6.45, 7) is 1.58. The van der Waals surface area contributed by atoms with E-state index in [4.69, 9.17) is 11.6 Å². The highest BCUT2D eigenvalue weighted by Crippen LogP contribution is 2.28. The normalized spacial score (nSPS) is 11.4. The first-order chi connectivity index (χ1) is 9.70. The molecule has 0 aliphatic heterocycles. The molecule has 1 N–H and O–H groups in total. The van der Waals surface area contributed by atoms with Crippen molar-refractivity contribution in [3.05, 3.63) is 57.9 Å². The summed E-state index contributed by atoms with van der Waals surface area (Å²) in [5.41, 5.74) is 0.0210. The predicted octanol–water partition coefficient (Wildman–Crippen LogP) is 2.36. The maximum atomic E-state index is 13.8. The van der Waals surface area contributed by atoms with Crippen LogP contribution in [0.4, 0.5) is 14.5 Å².